The monoisotopic (exact) mass is 286 g/mol. The second-order valence-electron chi connectivity index (χ2n) is 4.74. The first kappa shape index (κ1) is 16.6. The van der Waals surface area contributed by atoms with Gasteiger partial charge in [-0.1, -0.05) is 12.1 Å². The van der Waals surface area contributed by atoms with Gasteiger partial charge in [-0.3, -0.25) is 4.39 Å². The molecule has 0 fully saturated rings. The van der Waals surface area contributed by atoms with E-state index < -0.39 is 6.86 Å². The molecule has 0 saturated carbocycles. The molecule has 1 aliphatic rings. The lowest BCUT2D eigenvalue weighted by Gasteiger charge is -2.25. The highest BCUT2D eigenvalue weighted by Crippen LogP contribution is 2.33. The van der Waals surface area contributed by atoms with Gasteiger partial charge < -0.3 is 4.74 Å². The predicted octanol–water partition coefficient (Wildman–Crippen LogP) is 4.79. The van der Waals surface area contributed by atoms with E-state index in [2.05, 4.69) is 11.3 Å². The van der Waals surface area contributed by atoms with Gasteiger partial charge in [0.1, 0.15) is 0 Å². The molecule has 0 amide bonds. The molecule has 1 aromatic rings. The van der Waals surface area contributed by atoms with Gasteiger partial charge in [0.15, 0.2) is 11.6 Å². The van der Waals surface area contributed by atoms with Gasteiger partial charge in [0.05, 0.1) is 7.18 Å². The second-order valence-corrected chi connectivity index (χ2v) is 4.74. The number of hydrogen-bond acceptors (Lipinski definition) is 1. The molecule has 0 aliphatic heterocycles. The van der Waals surface area contributed by atoms with E-state index in [0.29, 0.717) is 25.1 Å². The molecular weight excluding hydrogens is 265 g/mol. The summed E-state index contributed by atoms with van der Waals surface area (Å²) in [6.07, 6.45) is 6.63. The van der Waals surface area contributed by atoms with Gasteiger partial charge in [0.25, 0.3) is 0 Å². The van der Waals surface area contributed by atoms with Crippen LogP contribution < -0.4 is 4.74 Å². The van der Waals surface area contributed by atoms with Crippen LogP contribution in [-0.4, -0.2) is 14.0 Å². The van der Waals surface area contributed by atoms with E-state index in [-0.39, 0.29) is 11.6 Å². The van der Waals surface area contributed by atoms with Gasteiger partial charge >= 0.3 is 0 Å². The lowest BCUT2D eigenvalue weighted by atomic mass is 9.81. The Kier molecular flexibility index (Phi) is 7.20. The highest BCUT2D eigenvalue weighted by Gasteiger charge is 2.22. The molecule has 0 radical (unpaired) electrons. The third-order valence-electron chi connectivity index (χ3n) is 3.61. The number of rotatable bonds is 5. The summed E-state index contributed by atoms with van der Waals surface area (Å²) in [6, 6.07) is 3.40. The summed E-state index contributed by atoms with van der Waals surface area (Å²) in [7, 11) is 0.500. The summed E-state index contributed by atoms with van der Waals surface area (Å²) in [5, 5.41) is 0. The second kappa shape index (κ2) is 8.67. The Labute approximate surface area is 118 Å². The summed E-state index contributed by atoms with van der Waals surface area (Å²) >= 11 is 0. The van der Waals surface area contributed by atoms with Crippen LogP contribution in [0.2, 0.25) is 0 Å². The van der Waals surface area contributed by atoms with E-state index in [9.17, 15) is 13.2 Å². The van der Waals surface area contributed by atoms with E-state index in [1.165, 1.54) is 6.07 Å². The molecule has 0 saturated heterocycles. The van der Waals surface area contributed by atoms with Crippen molar-refractivity contribution in [3.63, 3.8) is 0 Å². The van der Waals surface area contributed by atoms with Gasteiger partial charge in [0, 0.05) is 0 Å². The molecule has 1 aliphatic carbocycles. The molecule has 0 N–H and O–H groups in total. The van der Waals surface area contributed by atoms with Crippen LogP contribution in [-0.2, 0) is 12.8 Å². The average molecular weight is 286 g/mol. The van der Waals surface area contributed by atoms with Crippen LogP contribution in [0.3, 0.4) is 0 Å². The lowest BCUT2D eigenvalue weighted by Crippen LogP contribution is -2.16. The number of alkyl halides is 2. The van der Waals surface area contributed by atoms with Gasteiger partial charge in [-0.2, -0.15) is 0 Å². The molecule has 1 unspecified atom stereocenters. The van der Waals surface area contributed by atoms with Crippen LogP contribution in [0.4, 0.5) is 13.2 Å². The summed E-state index contributed by atoms with van der Waals surface area (Å²) in [4.78, 5) is 0. The van der Waals surface area contributed by atoms with E-state index >= 15 is 0 Å². The Bertz CT molecular complexity index is 432. The van der Waals surface area contributed by atoms with Crippen molar-refractivity contribution >= 4 is 0 Å². The lowest BCUT2D eigenvalue weighted by molar-refractivity contribution is 0.183. The molecule has 0 bridgehead atoms. The molecule has 0 aromatic heterocycles. The zero-order valence-corrected chi connectivity index (χ0v) is 11.8. The quantitative estimate of drug-likeness (QED) is 0.707. The standard InChI is InChI=1S/C15H18F2O.CH3F/c1-2-3-4-11-5-7-13-12(9-11)6-8-14(15(13)17)18-10-16;1-2/h2,6,8,11H,1,3-5,7,9-10H2;1H3. The topological polar surface area (TPSA) is 9.23 Å². The van der Waals surface area contributed by atoms with Crippen LogP contribution in [0.15, 0.2) is 24.8 Å². The molecular formula is C16H21F3O. The van der Waals surface area contributed by atoms with E-state index in [1.807, 2.05) is 12.1 Å². The summed E-state index contributed by atoms with van der Waals surface area (Å²) in [5.74, 6) is 0.246. The molecule has 1 atom stereocenters. The zero-order chi connectivity index (χ0) is 15.0. The van der Waals surface area contributed by atoms with Gasteiger partial charge in [-0.25, -0.2) is 8.78 Å². The van der Waals surface area contributed by atoms with Crippen molar-refractivity contribution in [1.29, 1.82) is 0 Å². The van der Waals surface area contributed by atoms with Crippen LogP contribution in [0.5, 0.6) is 5.75 Å². The Morgan fingerprint density at radius 2 is 2.15 bits per heavy atom. The number of allylic oxidation sites excluding steroid dienone is 1. The fourth-order valence-electron chi connectivity index (χ4n) is 2.63. The van der Waals surface area contributed by atoms with Gasteiger partial charge in [-0.15, -0.1) is 6.58 Å². The minimum Gasteiger partial charge on any atom is -0.460 e. The van der Waals surface area contributed by atoms with Crippen LogP contribution in [0.1, 0.15) is 30.4 Å². The maximum absolute atomic E-state index is 14.0. The number of ether oxygens (including phenoxy) is 1. The van der Waals surface area contributed by atoms with Crippen molar-refractivity contribution in [1.82, 2.24) is 0 Å². The van der Waals surface area contributed by atoms with Crippen molar-refractivity contribution in [2.75, 3.05) is 14.0 Å². The molecule has 2 rings (SSSR count). The minimum absolute atomic E-state index is 0.0285. The molecule has 0 spiro atoms. The Morgan fingerprint density at radius 3 is 2.80 bits per heavy atom. The predicted molar refractivity (Wildman–Crippen MR) is 75.0 cm³/mol. The van der Waals surface area contributed by atoms with E-state index in [4.69, 9.17) is 0 Å². The number of halogens is 3. The first-order chi connectivity index (χ1) is 9.76. The third kappa shape index (κ3) is 4.02. The van der Waals surface area contributed by atoms with Gasteiger partial charge in [-0.05, 0) is 55.2 Å². The van der Waals surface area contributed by atoms with Crippen molar-refractivity contribution in [3.8, 4) is 5.75 Å². The first-order valence-electron chi connectivity index (χ1n) is 6.74. The summed E-state index contributed by atoms with van der Waals surface area (Å²) in [5.41, 5.74) is 1.75. The summed E-state index contributed by atoms with van der Waals surface area (Å²) < 4.78 is 40.2. The van der Waals surface area contributed by atoms with Crippen molar-refractivity contribution in [2.45, 2.75) is 32.1 Å². The first-order valence-corrected chi connectivity index (χ1v) is 6.74. The Hall–Kier alpha value is -1.45. The maximum Gasteiger partial charge on any atom is 0.228 e. The van der Waals surface area contributed by atoms with Crippen molar-refractivity contribution < 1.29 is 17.9 Å². The van der Waals surface area contributed by atoms with Crippen molar-refractivity contribution in [2.24, 2.45) is 5.92 Å². The molecule has 1 aromatic carbocycles. The minimum atomic E-state index is -0.988. The fraction of sp³-hybridized carbons (Fsp3) is 0.500. The number of fused-ring (bicyclic) bond motifs is 1. The number of benzene rings is 1. The molecule has 20 heavy (non-hydrogen) atoms. The Morgan fingerprint density at radius 1 is 1.40 bits per heavy atom. The highest BCUT2D eigenvalue weighted by molar-refractivity contribution is 5.39. The van der Waals surface area contributed by atoms with E-state index in [1.54, 1.807) is 0 Å². The smallest absolute Gasteiger partial charge is 0.228 e. The molecule has 112 valence electrons. The summed E-state index contributed by atoms with van der Waals surface area (Å²) in [6.45, 7) is 2.74. The highest BCUT2D eigenvalue weighted by atomic mass is 19.1. The Balaban J connectivity index is 0.000000956. The van der Waals surface area contributed by atoms with Crippen LogP contribution >= 0.6 is 0 Å². The van der Waals surface area contributed by atoms with Gasteiger partial charge in [0.2, 0.25) is 6.86 Å². The number of hydrogen-bond donors (Lipinski definition) is 0. The average Bonchev–Trinajstić information content (AvgIpc) is 2.50. The molecule has 0 heterocycles. The third-order valence-corrected chi connectivity index (χ3v) is 3.61. The maximum atomic E-state index is 14.0. The van der Waals surface area contributed by atoms with Crippen molar-refractivity contribution in [3.05, 3.63) is 41.7 Å². The SMILES string of the molecule is C=CCCC1CCc2c(ccc(OCF)c2F)C1.CF. The van der Waals surface area contributed by atoms with Crippen LogP contribution in [0.25, 0.3) is 0 Å². The largest absolute Gasteiger partial charge is 0.460 e. The fourth-order valence-corrected chi connectivity index (χ4v) is 2.63. The van der Waals surface area contributed by atoms with E-state index in [0.717, 1.165) is 31.2 Å². The molecule has 1 nitrogen and oxygen atoms in total. The zero-order valence-electron chi connectivity index (χ0n) is 11.8. The molecule has 4 heteroatoms. The normalized spacial score (nSPS) is 16.7. The van der Waals surface area contributed by atoms with Crippen LogP contribution in [0, 0.1) is 11.7 Å².